The first-order valence-electron chi connectivity index (χ1n) is 4.08. The normalized spacial score (nSPS) is 13.9. The predicted octanol–water partition coefficient (Wildman–Crippen LogP) is 2.32. The van der Waals surface area contributed by atoms with Gasteiger partial charge in [-0.1, -0.05) is 19.1 Å². The molecule has 0 aromatic heterocycles. The summed E-state index contributed by atoms with van der Waals surface area (Å²) in [4.78, 5) is 10.7. The van der Waals surface area contributed by atoms with E-state index in [0.29, 0.717) is 6.61 Å². The highest BCUT2D eigenvalue weighted by molar-refractivity contribution is 5.79. The van der Waals surface area contributed by atoms with E-state index in [2.05, 4.69) is 0 Å². The molecule has 0 amide bonds. The quantitative estimate of drug-likeness (QED) is 0.358. The molecule has 0 saturated carbocycles. The Bertz CT molecular complexity index is 180. The molecule has 12 heavy (non-hydrogen) atoms. The Morgan fingerprint density at radius 3 is 2.75 bits per heavy atom. The first kappa shape index (κ1) is 11.0. The summed E-state index contributed by atoms with van der Waals surface area (Å²) in [6, 6.07) is 0. The number of allylic oxidation sites excluding steroid dienone is 2. The van der Waals surface area contributed by atoms with Gasteiger partial charge >= 0.3 is 0 Å². The zero-order chi connectivity index (χ0) is 9.40. The van der Waals surface area contributed by atoms with Gasteiger partial charge in [-0.25, -0.2) is 0 Å². The molecule has 1 unspecified atom stereocenters. The molecule has 0 radical (unpaired) electrons. The van der Waals surface area contributed by atoms with Crippen LogP contribution in [0, 0.1) is 5.92 Å². The van der Waals surface area contributed by atoms with Crippen LogP contribution >= 0.6 is 0 Å². The van der Waals surface area contributed by atoms with Crippen LogP contribution in [0.25, 0.3) is 0 Å². The molecule has 0 heterocycles. The van der Waals surface area contributed by atoms with Gasteiger partial charge in [0.15, 0.2) is 0 Å². The van der Waals surface area contributed by atoms with Gasteiger partial charge in [-0.15, -0.1) is 0 Å². The molecule has 0 aromatic rings. The van der Waals surface area contributed by atoms with Gasteiger partial charge in [0.25, 0.3) is 0 Å². The molecule has 2 heteroatoms. The number of ether oxygens (including phenoxy) is 1. The van der Waals surface area contributed by atoms with Crippen molar-refractivity contribution < 1.29 is 9.53 Å². The molecule has 0 saturated heterocycles. The van der Waals surface area contributed by atoms with E-state index >= 15 is 0 Å². The van der Waals surface area contributed by atoms with Crippen molar-refractivity contribution in [3.63, 3.8) is 0 Å². The van der Waals surface area contributed by atoms with E-state index < -0.39 is 0 Å². The predicted molar refractivity (Wildman–Crippen MR) is 49.8 cm³/mol. The summed E-state index contributed by atoms with van der Waals surface area (Å²) >= 11 is 0. The topological polar surface area (TPSA) is 26.3 Å². The Balaban J connectivity index is 3.54. The van der Waals surface area contributed by atoms with Crippen LogP contribution in [0.3, 0.4) is 0 Å². The second-order valence-corrected chi connectivity index (χ2v) is 2.63. The van der Waals surface area contributed by atoms with Crippen LogP contribution in [0.2, 0.25) is 0 Å². The molecule has 0 spiro atoms. The average Bonchev–Trinajstić information content (AvgIpc) is 2.03. The zero-order valence-corrected chi connectivity index (χ0v) is 7.91. The maximum absolute atomic E-state index is 10.7. The maximum atomic E-state index is 10.7. The summed E-state index contributed by atoms with van der Waals surface area (Å²) in [6.07, 6.45) is 7.16. The first-order chi connectivity index (χ1) is 5.68. The van der Waals surface area contributed by atoms with Gasteiger partial charge in [-0.3, -0.25) is 4.79 Å². The number of hydrogen-bond acceptors (Lipinski definition) is 2. The molecule has 0 aromatic carbocycles. The van der Waals surface area contributed by atoms with Crippen molar-refractivity contribution in [1.29, 1.82) is 0 Å². The third-order valence-corrected chi connectivity index (χ3v) is 1.53. The number of Topliss-reactive ketones (excluding diaryl/α,β-unsaturated/α-hetero) is 1. The highest BCUT2D eigenvalue weighted by atomic mass is 16.5. The van der Waals surface area contributed by atoms with Gasteiger partial charge in [-0.2, -0.15) is 0 Å². The molecule has 1 atom stereocenters. The Morgan fingerprint density at radius 2 is 2.25 bits per heavy atom. The first-order valence-corrected chi connectivity index (χ1v) is 4.08. The number of hydrogen-bond donors (Lipinski definition) is 0. The van der Waals surface area contributed by atoms with Crippen molar-refractivity contribution in [1.82, 2.24) is 0 Å². The Morgan fingerprint density at radius 1 is 1.58 bits per heavy atom. The third kappa shape index (κ3) is 5.71. The lowest BCUT2D eigenvalue weighted by molar-refractivity contribution is -0.119. The lowest BCUT2D eigenvalue weighted by Crippen LogP contribution is -2.01. The van der Waals surface area contributed by atoms with Crippen LogP contribution in [0.4, 0.5) is 0 Å². The molecule has 0 aliphatic carbocycles. The monoisotopic (exact) mass is 168 g/mol. The highest BCUT2D eigenvalue weighted by Gasteiger charge is 2.00. The smallest absolute Gasteiger partial charge is 0.136 e. The summed E-state index contributed by atoms with van der Waals surface area (Å²) < 4.78 is 5.08. The average molecular weight is 168 g/mol. The van der Waals surface area contributed by atoms with E-state index in [1.54, 1.807) is 19.3 Å². The molecule has 0 rings (SSSR count). The molecule has 0 N–H and O–H groups in total. The zero-order valence-electron chi connectivity index (χ0n) is 7.91. The molecule has 2 nitrogen and oxygen atoms in total. The minimum absolute atomic E-state index is 0.0457. The van der Waals surface area contributed by atoms with Gasteiger partial charge in [0, 0.05) is 5.92 Å². The Labute approximate surface area is 73.9 Å². The van der Waals surface area contributed by atoms with Crippen LogP contribution in [0.5, 0.6) is 0 Å². The van der Waals surface area contributed by atoms with Crippen LogP contribution in [0.15, 0.2) is 24.5 Å². The van der Waals surface area contributed by atoms with Gasteiger partial charge in [-0.05, 0) is 19.9 Å². The summed E-state index contributed by atoms with van der Waals surface area (Å²) in [5.41, 5.74) is 0. The fraction of sp³-hybridized carbons (Fsp3) is 0.500. The standard InChI is InChI=1S/C10H16O2/c1-4-5-7-12-8-6-9(2)10(3)11/h4-6,8-9H,7H2,1-3H3/b5-4?,8-6+. The number of carbonyl (C=O) groups excluding carboxylic acids is 1. The van der Waals surface area contributed by atoms with E-state index in [1.165, 1.54) is 0 Å². The molecule has 68 valence electrons. The summed E-state index contributed by atoms with van der Waals surface area (Å²) in [5, 5.41) is 0. The molecular weight excluding hydrogens is 152 g/mol. The van der Waals surface area contributed by atoms with Crippen molar-refractivity contribution in [3.05, 3.63) is 24.5 Å². The van der Waals surface area contributed by atoms with Crippen LogP contribution in [-0.2, 0) is 9.53 Å². The molecule has 0 aliphatic heterocycles. The van der Waals surface area contributed by atoms with Gasteiger partial charge < -0.3 is 4.74 Å². The van der Waals surface area contributed by atoms with Crippen molar-refractivity contribution >= 4 is 5.78 Å². The van der Waals surface area contributed by atoms with E-state index in [-0.39, 0.29) is 11.7 Å². The van der Waals surface area contributed by atoms with E-state index in [1.807, 2.05) is 26.0 Å². The fourth-order valence-electron chi connectivity index (χ4n) is 0.516. The van der Waals surface area contributed by atoms with E-state index in [9.17, 15) is 4.79 Å². The lowest BCUT2D eigenvalue weighted by Gasteiger charge is -1.99. The molecule has 0 aliphatic rings. The number of ketones is 1. The van der Waals surface area contributed by atoms with Gasteiger partial charge in [0.1, 0.15) is 12.4 Å². The van der Waals surface area contributed by atoms with Gasteiger partial charge in [0.05, 0.1) is 6.26 Å². The second kappa shape index (κ2) is 6.65. The van der Waals surface area contributed by atoms with Crippen LogP contribution < -0.4 is 0 Å². The number of carbonyl (C=O) groups is 1. The molecule has 0 bridgehead atoms. The minimum Gasteiger partial charge on any atom is -0.497 e. The SMILES string of the molecule is CC=CCO/C=C/C(C)C(C)=O. The van der Waals surface area contributed by atoms with Crippen molar-refractivity contribution in [2.24, 2.45) is 5.92 Å². The van der Waals surface area contributed by atoms with Crippen LogP contribution in [0.1, 0.15) is 20.8 Å². The largest absolute Gasteiger partial charge is 0.497 e. The highest BCUT2D eigenvalue weighted by Crippen LogP contribution is 1.98. The fourth-order valence-corrected chi connectivity index (χ4v) is 0.516. The maximum Gasteiger partial charge on any atom is 0.136 e. The number of rotatable bonds is 5. The van der Waals surface area contributed by atoms with E-state index in [4.69, 9.17) is 4.74 Å². The summed E-state index contributed by atoms with van der Waals surface area (Å²) in [6.45, 7) is 5.92. The summed E-state index contributed by atoms with van der Waals surface area (Å²) in [5.74, 6) is 0.108. The molecule has 0 fully saturated rings. The minimum atomic E-state index is -0.0457. The van der Waals surface area contributed by atoms with E-state index in [0.717, 1.165) is 0 Å². The third-order valence-electron chi connectivity index (χ3n) is 1.53. The summed E-state index contributed by atoms with van der Waals surface area (Å²) in [7, 11) is 0. The van der Waals surface area contributed by atoms with Crippen molar-refractivity contribution in [3.8, 4) is 0 Å². The Hall–Kier alpha value is -1.05. The molecular formula is C10H16O2. The second-order valence-electron chi connectivity index (χ2n) is 2.63. The lowest BCUT2D eigenvalue weighted by atomic mass is 10.1. The van der Waals surface area contributed by atoms with Crippen molar-refractivity contribution in [2.75, 3.05) is 6.61 Å². The van der Waals surface area contributed by atoms with Crippen molar-refractivity contribution in [2.45, 2.75) is 20.8 Å². The van der Waals surface area contributed by atoms with Crippen LogP contribution in [-0.4, -0.2) is 12.4 Å². The Kier molecular flexibility index (Phi) is 6.07. The van der Waals surface area contributed by atoms with Gasteiger partial charge in [0.2, 0.25) is 0 Å².